The summed E-state index contributed by atoms with van der Waals surface area (Å²) < 4.78 is 7.99. The molecule has 0 aliphatic heterocycles. The van der Waals surface area contributed by atoms with Gasteiger partial charge in [-0.2, -0.15) is 0 Å². The fraction of sp³-hybridized carbons (Fsp3) is 0.438. The Morgan fingerprint density at radius 2 is 1.85 bits per heavy atom. The van der Waals surface area contributed by atoms with Crippen LogP contribution < -0.4 is 0 Å². The molecule has 0 bridgehead atoms. The number of imidazole rings is 1. The number of aromatic nitrogens is 2. The zero-order chi connectivity index (χ0) is 14.6. The van der Waals surface area contributed by atoms with E-state index in [-0.39, 0.29) is 0 Å². The van der Waals surface area contributed by atoms with Gasteiger partial charge in [0, 0.05) is 14.7 Å². The van der Waals surface area contributed by atoms with Crippen LogP contribution in [0.3, 0.4) is 0 Å². The fourth-order valence-corrected chi connectivity index (χ4v) is 2.76. The molecule has 108 valence electrons. The molecule has 1 aromatic carbocycles. The Kier molecular flexibility index (Phi) is 4.78. The lowest BCUT2D eigenvalue weighted by Crippen LogP contribution is -2.22. The van der Waals surface area contributed by atoms with E-state index in [1.54, 1.807) is 0 Å². The van der Waals surface area contributed by atoms with E-state index in [1.165, 1.54) is 11.6 Å². The Morgan fingerprint density at radius 3 is 2.50 bits per heavy atom. The van der Waals surface area contributed by atoms with Gasteiger partial charge in [-0.15, -0.1) is 0 Å². The van der Waals surface area contributed by atoms with Gasteiger partial charge in [-0.3, -0.25) is 0 Å². The smallest absolute Gasteiger partial charge is 0.124 e. The quantitative estimate of drug-likeness (QED) is 0.589. The van der Waals surface area contributed by atoms with Gasteiger partial charge in [0.05, 0.1) is 11.9 Å². The Balaban J connectivity index is 2.03. The van der Waals surface area contributed by atoms with E-state index >= 15 is 0 Å². The third-order valence-corrected chi connectivity index (χ3v) is 5.05. The van der Waals surface area contributed by atoms with Gasteiger partial charge in [0.15, 0.2) is 0 Å². The molecule has 0 saturated heterocycles. The molecule has 0 saturated carbocycles. The molecule has 2 aromatic rings. The highest BCUT2D eigenvalue weighted by molar-refractivity contribution is 6.76. The first-order chi connectivity index (χ1) is 9.47. The van der Waals surface area contributed by atoms with Crippen LogP contribution in [0.1, 0.15) is 5.82 Å². The van der Waals surface area contributed by atoms with E-state index in [2.05, 4.69) is 41.3 Å². The molecule has 1 aromatic heterocycles. The average molecular weight is 288 g/mol. The second-order valence-corrected chi connectivity index (χ2v) is 12.0. The van der Waals surface area contributed by atoms with Gasteiger partial charge in [0.25, 0.3) is 0 Å². The number of hydrogen-bond acceptors (Lipinski definition) is 2. The van der Waals surface area contributed by atoms with Crippen molar-refractivity contribution in [3.05, 3.63) is 42.4 Å². The van der Waals surface area contributed by atoms with Crippen LogP contribution >= 0.6 is 0 Å². The Morgan fingerprint density at radius 1 is 1.15 bits per heavy atom. The van der Waals surface area contributed by atoms with Gasteiger partial charge in [-0.1, -0.05) is 50.0 Å². The summed E-state index contributed by atoms with van der Waals surface area (Å²) in [6.07, 6.45) is 1.92. The predicted molar refractivity (Wildman–Crippen MR) is 86.5 cm³/mol. The minimum absolute atomic E-state index is 0.584. The van der Waals surface area contributed by atoms with Crippen molar-refractivity contribution in [3.8, 4) is 11.3 Å². The van der Waals surface area contributed by atoms with Crippen LogP contribution in [0.4, 0.5) is 0 Å². The molecule has 0 atom stereocenters. The van der Waals surface area contributed by atoms with Crippen molar-refractivity contribution in [2.75, 3.05) is 6.61 Å². The molecule has 0 aliphatic carbocycles. The maximum atomic E-state index is 5.85. The first-order valence-electron chi connectivity index (χ1n) is 7.13. The van der Waals surface area contributed by atoms with Gasteiger partial charge in [-0.25, -0.2) is 4.98 Å². The predicted octanol–water partition coefficient (Wildman–Crippen LogP) is 4.17. The van der Waals surface area contributed by atoms with Crippen molar-refractivity contribution in [2.45, 2.75) is 39.3 Å². The molecule has 4 heteroatoms. The third kappa shape index (κ3) is 4.05. The van der Waals surface area contributed by atoms with Crippen LogP contribution in [0.25, 0.3) is 11.3 Å². The maximum Gasteiger partial charge on any atom is 0.124 e. The van der Waals surface area contributed by atoms with Crippen molar-refractivity contribution in [2.24, 2.45) is 0 Å². The van der Waals surface area contributed by atoms with Crippen LogP contribution in [-0.2, 0) is 11.5 Å². The van der Waals surface area contributed by atoms with Gasteiger partial charge < -0.3 is 9.30 Å². The normalized spacial score (nSPS) is 11.8. The van der Waals surface area contributed by atoms with Crippen LogP contribution in [0.15, 0.2) is 36.5 Å². The average Bonchev–Trinajstić information content (AvgIpc) is 2.76. The number of hydrogen-bond donors (Lipinski definition) is 0. The molecule has 0 spiro atoms. The molecule has 0 aliphatic rings. The Hall–Kier alpha value is -1.39. The summed E-state index contributed by atoms with van der Waals surface area (Å²) in [7, 11) is -1.02. The van der Waals surface area contributed by atoms with Crippen LogP contribution in [-0.4, -0.2) is 24.2 Å². The van der Waals surface area contributed by atoms with Gasteiger partial charge >= 0.3 is 0 Å². The molecule has 0 amide bonds. The van der Waals surface area contributed by atoms with Crippen molar-refractivity contribution in [1.82, 2.24) is 9.55 Å². The highest BCUT2D eigenvalue weighted by atomic mass is 28.3. The maximum absolute atomic E-state index is 5.85. The Bertz CT molecular complexity index is 543. The van der Waals surface area contributed by atoms with E-state index in [0.29, 0.717) is 6.73 Å². The SMILES string of the molecule is Cc1ncc(-c2ccccc2)n1COCC[Si](C)(C)C. The van der Waals surface area contributed by atoms with Gasteiger partial charge in [0.2, 0.25) is 0 Å². The molecule has 0 N–H and O–H groups in total. The van der Waals surface area contributed by atoms with Crippen molar-refractivity contribution >= 4 is 8.07 Å². The highest BCUT2D eigenvalue weighted by Crippen LogP contribution is 2.20. The summed E-state index contributed by atoms with van der Waals surface area (Å²) in [5.74, 6) is 0.997. The summed E-state index contributed by atoms with van der Waals surface area (Å²) >= 11 is 0. The summed E-state index contributed by atoms with van der Waals surface area (Å²) in [6, 6.07) is 11.5. The number of ether oxygens (including phenoxy) is 1. The lowest BCUT2D eigenvalue weighted by Gasteiger charge is -2.16. The lowest BCUT2D eigenvalue weighted by molar-refractivity contribution is 0.0868. The lowest BCUT2D eigenvalue weighted by atomic mass is 10.2. The third-order valence-electron chi connectivity index (χ3n) is 3.34. The zero-order valence-corrected chi connectivity index (χ0v) is 13.9. The molecular weight excluding hydrogens is 264 g/mol. The highest BCUT2D eigenvalue weighted by Gasteiger charge is 2.13. The van der Waals surface area contributed by atoms with E-state index in [0.717, 1.165) is 18.1 Å². The number of aryl methyl sites for hydroxylation is 1. The zero-order valence-electron chi connectivity index (χ0n) is 12.9. The molecule has 0 unspecified atom stereocenters. The molecule has 2 rings (SSSR count). The Labute approximate surface area is 122 Å². The minimum Gasteiger partial charge on any atom is -0.361 e. The fourth-order valence-electron chi connectivity index (χ4n) is 2.00. The van der Waals surface area contributed by atoms with E-state index in [1.807, 2.05) is 31.3 Å². The van der Waals surface area contributed by atoms with Crippen molar-refractivity contribution in [3.63, 3.8) is 0 Å². The summed E-state index contributed by atoms with van der Waals surface area (Å²) in [5.41, 5.74) is 2.30. The van der Waals surface area contributed by atoms with Crippen LogP contribution in [0, 0.1) is 6.92 Å². The topological polar surface area (TPSA) is 27.1 Å². The summed E-state index contributed by atoms with van der Waals surface area (Å²) in [5, 5.41) is 0. The molecular formula is C16H24N2OSi. The first kappa shape index (κ1) is 15.0. The molecule has 20 heavy (non-hydrogen) atoms. The van der Waals surface area contributed by atoms with Crippen molar-refractivity contribution < 1.29 is 4.74 Å². The van der Waals surface area contributed by atoms with E-state index in [4.69, 9.17) is 4.74 Å². The molecule has 3 nitrogen and oxygen atoms in total. The van der Waals surface area contributed by atoms with Crippen LogP contribution in [0.5, 0.6) is 0 Å². The molecule has 0 fully saturated rings. The van der Waals surface area contributed by atoms with Crippen molar-refractivity contribution in [1.29, 1.82) is 0 Å². The molecule has 1 heterocycles. The second kappa shape index (κ2) is 6.37. The molecule has 0 radical (unpaired) electrons. The second-order valence-electron chi connectivity index (χ2n) is 6.33. The number of benzene rings is 1. The largest absolute Gasteiger partial charge is 0.361 e. The van der Waals surface area contributed by atoms with E-state index in [9.17, 15) is 0 Å². The van der Waals surface area contributed by atoms with Crippen LogP contribution in [0.2, 0.25) is 25.7 Å². The number of rotatable bonds is 6. The monoisotopic (exact) mass is 288 g/mol. The summed E-state index contributed by atoms with van der Waals surface area (Å²) in [4.78, 5) is 4.41. The van der Waals surface area contributed by atoms with E-state index < -0.39 is 8.07 Å². The summed E-state index contributed by atoms with van der Waals surface area (Å²) in [6.45, 7) is 10.5. The van der Waals surface area contributed by atoms with Gasteiger partial charge in [0.1, 0.15) is 12.6 Å². The number of nitrogens with zero attached hydrogens (tertiary/aromatic N) is 2. The minimum atomic E-state index is -1.02. The standard InChI is InChI=1S/C16H24N2OSi/c1-14-17-12-16(15-8-6-5-7-9-15)18(14)13-19-10-11-20(2,3)4/h5-9,12H,10-11,13H2,1-4H3. The first-order valence-corrected chi connectivity index (χ1v) is 10.8. The van der Waals surface area contributed by atoms with Gasteiger partial charge in [-0.05, 0) is 18.5 Å².